The second-order valence-electron chi connectivity index (χ2n) is 4.97. The van der Waals surface area contributed by atoms with Gasteiger partial charge in [0.05, 0.1) is 11.7 Å². The van der Waals surface area contributed by atoms with Crippen LogP contribution in [0.1, 0.15) is 31.2 Å². The molecule has 0 unspecified atom stereocenters. The van der Waals surface area contributed by atoms with Crippen LogP contribution in [0.3, 0.4) is 0 Å². The minimum atomic E-state index is -0.602. The summed E-state index contributed by atoms with van der Waals surface area (Å²) >= 11 is 0. The summed E-state index contributed by atoms with van der Waals surface area (Å²) < 4.78 is 18.9. The molecule has 86 valence electrons. The van der Waals surface area contributed by atoms with Gasteiger partial charge in [0.25, 0.3) is 0 Å². The van der Waals surface area contributed by atoms with Gasteiger partial charge in [-0.05, 0) is 49.4 Å². The van der Waals surface area contributed by atoms with Gasteiger partial charge in [0.1, 0.15) is 11.6 Å². The Balaban J connectivity index is 1.83. The fourth-order valence-corrected chi connectivity index (χ4v) is 1.84. The quantitative estimate of drug-likeness (QED) is 0.847. The van der Waals surface area contributed by atoms with Gasteiger partial charge in [-0.3, -0.25) is 0 Å². The van der Waals surface area contributed by atoms with Crippen LogP contribution in [-0.2, 0) is 6.42 Å². The highest BCUT2D eigenvalue weighted by molar-refractivity contribution is 5.36. The van der Waals surface area contributed by atoms with Crippen LogP contribution in [-0.4, -0.2) is 16.8 Å². The Kier molecular flexibility index (Phi) is 2.18. The van der Waals surface area contributed by atoms with Crippen LogP contribution >= 0.6 is 0 Å². The summed E-state index contributed by atoms with van der Waals surface area (Å²) in [4.78, 5) is 0. The smallest absolute Gasteiger partial charge is 0.123 e. The number of halogens is 1. The first-order chi connectivity index (χ1) is 7.65. The van der Waals surface area contributed by atoms with E-state index in [1.165, 1.54) is 12.1 Å². The maximum Gasteiger partial charge on any atom is 0.123 e. The van der Waals surface area contributed by atoms with Gasteiger partial charge in [-0.15, -0.1) is 0 Å². The van der Waals surface area contributed by atoms with Gasteiger partial charge >= 0.3 is 0 Å². The number of benzene rings is 1. The summed E-state index contributed by atoms with van der Waals surface area (Å²) in [6.07, 6.45) is 4.60. The standard InChI is InChI=1S/C13H15FO2/c14-10-1-4-12(16-11-2-3-11)9(7-10)8-13(15)5-6-13/h1,4,7,11,15H,2-3,5-6,8H2. The average molecular weight is 222 g/mol. The Morgan fingerprint density at radius 2 is 2.12 bits per heavy atom. The zero-order chi connectivity index (χ0) is 11.2. The third kappa shape index (κ3) is 2.19. The van der Waals surface area contributed by atoms with E-state index in [0.717, 1.165) is 37.0 Å². The van der Waals surface area contributed by atoms with Crippen LogP contribution in [0.5, 0.6) is 5.75 Å². The molecule has 1 aromatic carbocycles. The van der Waals surface area contributed by atoms with Gasteiger partial charge in [0, 0.05) is 6.42 Å². The van der Waals surface area contributed by atoms with E-state index < -0.39 is 5.60 Å². The maximum atomic E-state index is 13.2. The molecule has 0 radical (unpaired) electrons. The van der Waals surface area contributed by atoms with Crippen LogP contribution in [0.4, 0.5) is 4.39 Å². The second-order valence-corrected chi connectivity index (χ2v) is 4.97. The second kappa shape index (κ2) is 3.45. The minimum absolute atomic E-state index is 0.262. The van der Waals surface area contributed by atoms with Gasteiger partial charge < -0.3 is 9.84 Å². The van der Waals surface area contributed by atoms with Crippen molar-refractivity contribution in [2.75, 3.05) is 0 Å². The molecular formula is C13H15FO2. The molecule has 0 heterocycles. The van der Waals surface area contributed by atoms with E-state index in [1.807, 2.05) is 0 Å². The van der Waals surface area contributed by atoms with Crippen molar-refractivity contribution >= 4 is 0 Å². The highest BCUT2D eigenvalue weighted by atomic mass is 19.1. The van der Waals surface area contributed by atoms with E-state index in [-0.39, 0.29) is 5.82 Å². The molecule has 0 aromatic heterocycles. The molecule has 1 aromatic rings. The highest BCUT2D eigenvalue weighted by Gasteiger charge is 2.41. The predicted molar refractivity (Wildman–Crippen MR) is 57.9 cm³/mol. The lowest BCUT2D eigenvalue weighted by atomic mass is 10.1. The molecule has 0 amide bonds. The lowest BCUT2D eigenvalue weighted by molar-refractivity contribution is 0.149. The van der Waals surface area contributed by atoms with Crippen molar-refractivity contribution < 1.29 is 14.2 Å². The SMILES string of the molecule is OC1(Cc2cc(F)ccc2OC2CC2)CC1. The normalized spacial score (nSPS) is 21.9. The van der Waals surface area contributed by atoms with Crippen molar-refractivity contribution in [3.63, 3.8) is 0 Å². The van der Waals surface area contributed by atoms with Gasteiger partial charge in [-0.25, -0.2) is 4.39 Å². The van der Waals surface area contributed by atoms with Crippen molar-refractivity contribution in [1.82, 2.24) is 0 Å². The highest BCUT2D eigenvalue weighted by Crippen LogP contribution is 2.41. The molecule has 0 spiro atoms. The minimum Gasteiger partial charge on any atom is -0.490 e. The van der Waals surface area contributed by atoms with Gasteiger partial charge in [0.2, 0.25) is 0 Å². The molecule has 2 nitrogen and oxygen atoms in total. The molecule has 16 heavy (non-hydrogen) atoms. The topological polar surface area (TPSA) is 29.5 Å². The first-order valence-corrected chi connectivity index (χ1v) is 5.82. The Bertz CT molecular complexity index is 408. The molecule has 3 rings (SSSR count). The monoisotopic (exact) mass is 222 g/mol. The molecule has 2 aliphatic rings. The Labute approximate surface area is 94.0 Å². The van der Waals surface area contributed by atoms with E-state index in [1.54, 1.807) is 6.07 Å². The summed E-state index contributed by atoms with van der Waals surface area (Å²) in [5, 5.41) is 9.87. The first kappa shape index (κ1) is 10.1. The molecule has 0 aliphatic heterocycles. The molecule has 1 N–H and O–H groups in total. The Hall–Kier alpha value is -1.09. The van der Waals surface area contributed by atoms with Gasteiger partial charge in [0.15, 0.2) is 0 Å². The molecule has 2 fully saturated rings. The summed E-state index contributed by atoms with van der Waals surface area (Å²) in [7, 11) is 0. The summed E-state index contributed by atoms with van der Waals surface area (Å²) in [6.45, 7) is 0. The number of aliphatic hydroxyl groups is 1. The average Bonchev–Trinajstić information content (AvgIpc) is 3.11. The number of ether oxygens (including phenoxy) is 1. The van der Waals surface area contributed by atoms with Crippen LogP contribution < -0.4 is 4.74 Å². The van der Waals surface area contributed by atoms with E-state index >= 15 is 0 Å². The summed E-state index contributed by atoms with van der Waals surface area (Å²) in [5.41, 5.74) is 0.196. The van der Waals surface area contributed by atoms with Crippen molar-refractivity contribution in [1.29, 1.82) is 0 Å². The lowest BCUT2D eigenvalue weighted by Crippen LogP contribution is -2.12. The van der Waals surface area contributed by atoms with Crippen LogP contribution in [0.15, 0.2) is 18.2 Å². The third-order valence-electron chi connectivity index (χ3n) is 3.19. The van der Waals surface area contributed by atoms with Crippen LogP contribution in [0.25, 0.3) is 0 Å². The largest absolute Gasteiger partial charge is 0.490 e. The first-order valence-electron chi connectivity index (χ1n) is 5.82. The van der Waals surface area contributed by atoms with Crippen molar-refractivity contribution in [3.05, 3.63) is 29.6 Å². The van der Waals surface area contributed by atoms with Crippen molar-refractivity contribution in [2.24, 2.45) is 0 Å². The van der Waals surface area contributed by atoms with E-state index in [4.69, 9.17) is 4.74 Å². The zero-order valence-corrected chi connectivity index (χ0v) is 9.08. The van der Waals surface area contributed by atoms with E-state index in [0.29, 0.717) is 12.5 Å². The predicted octanol–water partition coefficient (Wildman–Crippen LogP) is 2.43. The van der Waals surface area contributed by atoms with E-state index in [2.05, 4.69) is 0 Å². The molecule has 2 aliphatic carbocycles. The van der Waals surface area contributed by atoms with Crippen molar-refractivity contribution in [3.8, 4) is 5.75 Å². The van der Waals surface area contributed by atoms with Gasteiger partial charge in [-0.2, -0.15) is 0 Å². The molecule has 2 saturated carbocycles. The summed E-state index contributed by atoms with van der Waals surface area (Å²) in [6, 6.07) is 4.57. The molecule has 0 saturated heterocycles. The fourth-order valence-electron chi connectivity index (χ4n) is 1.84. The molecule has 0 atom stereocenters. The Morgan fingerprint density at radius 3 is 2.75 bits per heavy atom. The Morgan fingerprint density at radius 1 is 1.38 bits per heavy atom. The number of hydrogen-bond donors (Lipinski definition) is 1. The fraction of sp³-hybridized carbons (Fsp3) is 0.538. The lowest BCUT2D eigenvalue weighted by Gasteiger charge is -2.13. The third-order valence-corrected chi connectivity index (χ3v) is 3.19. The molecule has 0 bridgehead atoms. The van der Waals surface area contributed by atoms with Crippen molar-refractivity contribution in [2.45, 2.75) is 43.8 Å². The summed E-state index contributed by atoms with van der Waals surface area (Å²) in [5.74, 6) is 0.478. The van der Waals surface area contributed by atoms with E-state index in [9.17, 15) is 9.50 Å². The zero-order valence-electron chi connectivity index (χ0n) is 9.08. The molecular weight excluding hydrogens is 207 g/mol. The van der Waals surface area contributed by atoms with Crippen LogP contribution in [0.2, 0.25) is 0 Å². The number of hydrogen-bond acceptors (Lipinski definition) is 2. The maximum absolute atomic E-state index is 13.2. The molecule has 3 heteroatoms. The van der Waals surface area contributed by atoms with Gasteiger partial charge in [-0.1, -0.05) is 0 Å². The number of rotatable bonds is 4. The van der Waals surface area contributed by atoms with Crippen LogP contribution in [0, 0.1) is 5.82 Å².